The Morgan fingerprint density at radius 1 is 0.600 bits per heavy atom. The SMILES string of the molecule is CCCCCCCCCCCCCCCCCC[n+]1ccccc1C. The van der Waals surface area contributed by atoms with Crippen molar-refractivity contribution >= 4 is 0 Å². The predicted molar refractivity (Wildman–Crippen MR) is 111 cm³/mol. The molecule has 1 nitrogen and oxygen atoms in total. The van der Waals surface area contributed by atoms with Crippen molar-refractivity contribution in [3.63, 3.8) is 0 Å². The van der Waals surface area contributed by atoms with Crippen LogP contribution in [-0.2, 0) is 6.54 Å². The number of aromatic nitrogens is 1. The molecule has 1 aromatic heterocycles. The third-order valence-electron chi connectivity index (χ3n) is 5.42. The Morgan fingerprint density at radius 3 is 1.48 bits per heavy atom. The monoisotopic (exact) mass is 346 g/mol. The maximum atomic E-state index is 2.38. The van der Waals surface area contributed by atoms with Gasteiger partial charge < -0.3 is 0 Å². The molecule has 144 valence electrons. The van der Waals surface area contributed by atoms with Crippen LogP contribution >= 0.6 is 0 Å². The van der Waals surface area contributed by atoms with Crippen LogP contribution in [0.15, 0.2) is 24.4 Å². The van der Waals surface area contributed by atoms with Crippen molar-refractivity contribution in [3.8, 4) is 0 Å². The lowest BCUT2D eigenvalue weighted by Crippen LogP contribution is -2.36. The van der Waals surface area contributed by atoms with Crippen LogP contribution in [0.25, 0.3) is 0 Å². The first kappa shape index (κ1) is 22.2. The third kappa shape index (κ3) is 13.1. The molecular formula is C24H44N+. The summed E-state index contributed by atoms with van der Waals surface area (Å²) >= 11 is 0. The number of unbranched alkanes of at least 4 members (excludes halogenated alkanes) is 15. The Morgan fingerprint density at radius 2 is 1.04 bits per heavy atom. The highest BCUT2D eigenvalue weighted by Gasteiger charge is 2.03. The highest BCUT2D eigenvalue weighted by Crippen LogP contribution is 2.13. The van der Waals surface area contributed by atoms with Crippen LogP contribution in [0, 0.1) is 6.92 Å². The Bertz CT molecular complexity index is 399. The Balaban J connectivity index is 1.75. The molecule has 0 aromatic carbocycles. The normalized spacial score (nSPS) is 11.1. The van der Waals surface area contributed by atoms with Gasteiger partial charge in [0.2, 0.25) is 0 Å². The minimum absolute atomic E-state index is 1.19. The van der Waals surface area contributed by atoms with Crippen LogP contribution in [0.5, 0.6) is 0 Å². The highest BCUT2D eigenvalue weighted by atomic mass is 14.9. The topological polar surface area (TPSA) is 3.88 Å². The first-order valence-electron chi connectivity index (χ1n) is 11.3. The molecule has 0 aliphatic rings. The summed E-state index contributed by atoms with van der Waals surface area (Å²) in [6.07, 6.45) is 25.3. The molecule has 0 aliphatic heterocycles. The van der Waals surface area contributed by atoms with Crippen LogP contribution in [0.2, 0.25) is 0 Å². The summed E-state index contributed by atoms with van der Waals surface area (Å²) in [6, 6.07) is 6.46. The van der Waals surface area contributed by atoms with Gasteiger partial charge in [-0.1, -0.05) is 103 Å². The van der Waals surface area contributed by atoms with Crippen molar-refractivity contribution in [2.24, 2.45) is 0 Å². The van der Waals surface area contributed by atoms with Gasteiger partial charge in [0.05, 0.1) is 0 Å². The molecule has 1 heterocycles. The van der Waals surface area contributed by atoms with E-state index in [0.717, 1.165) is 0 Å². The number of aryl methyl sites for hydroxylation is 2. The van der Waals surface area contributed by atoms with E-state index in [1.54, 1.807) is 0 Å². The summed E-state index contributed by atoms with van der Waals surface area (Å²) in [5.74, 6) is 0. The molecule has 0 N–H and O–H groups in total. The van der Waals surface area contributed by atoms with Gasteiger partial charge in [-0.15, -0.1) is 0 Å². The van der Waals surface area contributed by atoms with Gasteiger partial charge in [0.15, 0.2) is 11.9 Å². The van der Waals surface area contributed by atoms with Gasteiger partial charge in [0.25, 0.3) is 0 Å². The molecule has 0 aliphatic carbocycles. The zero-order valence-electron chi connectivity index (χ0n) is 17.3. The van der Waals surface area contributed by atoms with E-state index in [0.29, 0.717) is 0 Å². The minimum Gasteiger partial charge on any atom is -0.203 e. The quantitative estimate of drug-likeness (QED) is 0.202. The van der Waals surface area contributed by atoms with Crippen molar-refractivity contribution in [2.45, 2.75) is 123 Å². The summed E-state index contributed by atoms with van der Waals surface area (Å²) < 4.78 is 2.38. The standard InChI is InChI=1S/C24H44N/c1-3-4-5-6-7-8-9-10-11-12-13-14-15-16-17-19-22-25-23-20-18-21-24(25)2/h18,20-21,23H,3-17,19,22H2,1-2H3/q+1. The molecule has 0 amide bonds. The summed E-state index contributed by atoms with van der Waals surface area (Å²) in [5.41, 5.74) is 1.38. The predicted octanol–water partition coefficient (Wildman–Crippen LogP) is 7.54. The molecule has 0 saturated heterocycles. The zero-order chi connectivity index (χ0) is 18.0. The molecule has 25 heavy (non-hydrogen) atoms. The van der Waals surface area contributed by atoms with E-state index in [1.807, 2.05) is 0 Å². The maximum absolute atomic E-state index is 2.38. The minimum atomic E-state index is 1.19. The lowest BCUT2D eigenvalue weighted by molar-refractivity contribution is -0.703. The van der Waals surface area contributed by atoms with Gasteiger partial charge in [0, 0.05) is 25.5 Å². The van der Waals surface area contributed by atoms with E-state index in [9.17, 15) is 0 Å². The van der Waals surface area contributed by atoms with Crippen LogP contribution < -0.4 is 4.57 Å². The molecule has 0 radical (unpaired) electrons. The van der Waals surface area contributed by atoms with Gasteiger partial charge in [-0.05, 0) is 6.42 Å². The molecule has 0 atom stereocenters. The summed E-state index contributed by atoms with van der Waals surface area (Å²) in [4.78, 5) is 0. The van der Waals surface area contributed by atoms with E-state index >= 15 is 0 Å². The van der Waals surface area contributed by atoms with Crippen molar-refractivity contribution in [1.82, 2.24) is 0 Å². The first-order chi connectivity index (χ1) is 12.3. The number of pyridine rings is 1. The van der Waals surface area contributed by atoms with E-state index in [-0.39, 0.29) is 0 Å². The second-order valence-corrected chi connectivity index (χ2v) is 7.84. The zero-order valence-corrected chi connectivity index (χ0v) is 17.3. The average molecular weight is 347 g/mol. The summed E-state index contributed by atoms with van der Waals surface area (Å²) in [7, 11) is 0. The molecule has 0 saturated carbocycles. The summed E-state index contributed by atoms with van der Waals surface area (Å²) in [5, 5.41) is 0. The van der Waals surface area contributed by atoms with Gasteiger partial charge in [-0.25, -0.2) is 4.57 Å². The lowest BCUT2D eigenvalue weighted by atomic mass is 10.0. The molecule has 1 rings (SSSR count). The van der Waals surface area contributed by atoms with Crippen LogP contribution in [-0.4, -0.2) is 0 Å². The van der Waals surface area contributed by atoms with Gasteiger partial charge in [-0.2, -0.15) is 0 Å². The number of hydrogen-bond donors (Lipinski definition) is 0. The van der Waals surface area contributed by atoms with E-state index < -0.39 is 0 Å². The van der Waals surface area contributed by atoms with Crippen molar-refractivity contribution in [1.29, 1.82) is 0 Å². The molecule has 0 bridgehead atoms. The van der Waals surface area contributed by atoms with Crippen molar-refractivity contribution < 1.29 is 4.57 Å². The fourth-order valence-electron chi connectivity index (χ4n) is 3.64. The van der Waals surface area contributed by atoms with E-state index in [1.165, 1.54) is 115 Å². The molecule has 0 unspecified atom stereocenters. The Labute approximate surface area is 158 Å². The number of nitrogens with zero attached hydrogens (tertiary/aromatic N) is 1. The molecule has 1 aromatic rings. The van der Waals surface area contributed by atoms with E-state index in [2.05, 4.69) is 42.8 Å². The number of hydrogen-bond acceptors (Lipinski definition) is 0. The molecule has 1 heteroatoms. The van der Waals surface area contributed by atoms with Crippen LogP contribution in [0.4, 0.5) is 0 Å². The second-order valence-electron chi connectivity index (χ2n) is 7.84. The van der Waals surface area contributed by atoms with Gasteiger partial charge in [-0.3, -0.25) is 0 Å². The number of rotatable bonds is 17. The van der Waals surface area contributed by atoms with E-state index in [4.69, 9.17) is 0 Å². The molecule has 0 spiro atoms. The second kappa shape index (κ2) is 16.6. The summed E-state index contributed by atoms with van der Waals surface area (Å²) in [6.45, 7) is 5.68. The average Bonchev–Trinajstić information content (AvgIpc) is 2.63. The lowest BCUT2D eigenvalue weighted by Gasteiger charge is -2.03. The third-order valence-corrected chi connectivity index (χ3v) is 5.42. The highest BCUT2D eigenvalue weighted by molar-refractivity contribution is 4.93. The van der Waals surface area contributed by atoms with Crippen molar-refractivity contribution in [2.75, 3.05) is 0 Å². The Hall–Kier alpha value is -0.850. The van der Waals surface area contributed by atoms with Crippen LogP contribution in [0.1, 0.15) is 115 Å². The smallest absolute Gasteiger partial charge is 0.178 e. The first-order valence-corrected chi connectivity index (χ1v) is 11.3. The van der Waals surface area contributed by atoms with Crippen molar-refractivity contribution in [3.05, 3.63) is 30.1 Å². The van der Waals surface area contributed by atoms with Gasteiger partial charge in [0.1, 0.15) is 6.54 Å². The van der Waals surface area contributed by atoms with Crippen LogP contribution in [0.3, 0.4) is 0 Å². The molecule has 0 fully saturated rings. The Kier molecular flexibility index (Phi) is 14.7. The van der Waals surface area contributed by atoms with Gasteiger partial charge >= 0.3 is 0 Å². The molecular weight excluding hydrogens is 302 g/mol. The largest absolute Gasteiger partial charge is 0.203 e. The fourth-order valence-corrected chi connectivity index (χ4v) is 3.64. The maximum Gasteiger partial charge on any atom is 0.178 e. The fraction of sp³-hybridized carbons (Fsp3) is 0.792.